The smallest absolute Gasteiger partial charge is 0.398 e. The predicted octanol–water partition coefficient (Wildman–Crippen LogP) is -1.93. The molecule has 0 spiro atoms. The molecule has 0 radical (unpaired) electrons. The normalized spacial score (nSPS) is 25.7. The Bertz CT molecular complexity index is 2360. The largest absolute Gasteiger partial charge is 0.495 e. The number of aliphatic hydroxyl groups excluding tert-OH is 1. The SMILES string of the molecule is CC[C@H](C)[C@@H]1NC(=O)[C@H](Cc2ccc(OC)c(Cl)c2)N(C)C(=O)[C@H]([C@@H](C)CC)N2C(=O)[C@H](CC[C@H]2O)NC(=O)[C@H](CCCN=C(N)N)NC(=O)[C@@H](NC(=O)[C@@H](COS(=O)(=O)O)OS(=O)(=O)O)[C@@H](C)OC1=O. The summed E-state index contributed by atoms with van der Waals surface area (Å²) in [6.07, 6.45) is -6.45. The lowest BCUT2D eigenvalue weighted by atomic mass is 9.91. The molecule has 0 saturated carbocycles. The predicted molar refractivity (Wildman–Crippen MR) is 250 cm³/mol. The summed E-state index contributed by atoms with van der Waals surface area (Å²) in [4.78, 5) is 107. The quantitative estimate of drug-likeness (QED) is 0.0254. The molecule has 2 bridgehead atoms. The summed E-state index contributed by atoms with van der Waals surface area (Å²) in [7, 11) is -8.30. The molecule has 0 aliphatic carbocycles. The average molecular weight is 1070 g/mol. The fourth-order valence-corrected chi connectivity index (χ4v) is 8.69. The number of hydrogen-bond donors (Lipinski definition) is 9. The highest BCUT2D eigenvalue weighted by atomic mass is 35.5. The van der Waals surface area contributed by atoms with Crippen LogP contribution < -0.4 is 37.5 Å². The number of nitrogens with two attached hydrogens (primary N) is 2. The van der Waals surface area contributed by atoms with Crippen molar-refractivity contribution in [3.63, 3.8) is 0 Å². The Labute approximate surface area is 416 Å². The summed E-state index contributed by atoms with van der Waals surface area (Å²) in [6, 6.07) is -5.13. The van der Waals surface area contributed by atoms with Crippen molar-refractivity contribution in [2.24, 2.45) is 28.3 Å². The lowest BCUT2D eigenvalue weighted by Crippen LogP contribution is -2.66. The van der Waals surface area contributed by atoms with Crippen LogP contribution >= 0.6 is 11.6 Å². The number of methoxy groups -OCH3 is 1. The van der Waals surface area contributed by atoms with Crippen molar-refractivity contribution in [1.29, 1.82) is 0 Å². The van der Waals surface area contributed by atoms with Gasteiger partial charge in [-0.05, 0) is 62.1 Å². The molecule has 0 unspecified atom stereocenters. The molecule has 2 aliphatic rings. The van der Waals surface area contributed by atoms with Crippen molar-refractivity contribution in [3.05, 3.63) is 28.8 Å². The molecule has 2 saturated heterocycles. The topological polar surface area (TPSA) is 404 Å². The number of amides is 6. The number of piperidine rings is 1. The van der Waals surface area contributed by atoms with Crippen LogP contribution in [0.1, 0.15) is 78.7 Å². The Hall–Kier alpha value is -5.43. The van der Waals surface area contributed by atoms with E-state index >= 15 is 0 Å². The second-order valence-corrected chi connectivity index (χ2v) is 19.6. The Kier molecular flexibility index (Phi) is 22.2. The lowest BCUT2D eigenvalue weighted by Gasteiger charge is -2.44. The monoisotopic (exact) mass is 1070 g/mol. The number of nitrogens with zero attached hydrogens (tertiary/aromatic N) is 3. The van der Waals surface area contributed by atoms with Gasteiger partial charge in [-0.1, -0.05) is 58.2 Å². The van der Waals surface area contributed by atoms with Crippen LogP contribution in [-0.2, 0) is 73.9 Å². The standard InChI is InChI=1S/C41H64ClN9O18S2/c1-8-20(3)31-40(59)68-22(5)32(49-36(55)29(69-71(63,64)65)19-67-70(60,61)62)37(56)46-25(11-10-16-45-41(43)44)34(53)47-26-13-15-30(52)51(38(26)57)33(21(4)9-2)39(58)50(6)27(35(54)48-31)18-23-12-14-28(66-7)24(42)17-23/h12,14,17,20-22,25-27,29-33,52H,8-11,13,15-16,18-19H2,1-7H3,(H,46,56)(H,47,53)(H,48,54)(H,49,55)(H4,43,44,45)(H,60,61,62)(H,63,64,65)/t20-,21-,22+,25-,26-,27-,29+,30+,31-,32-,33-/m0/s1. The molecule has 0 aromatic heterocycles. The number of rotatable bonds is 18. The van der Waals surface area contributed by atoms with Gasteiger partial charge >= 0.3 is 26.8 Å². The number of nitrogens with one attached hydrogen (secondary N) is 4. The number of guanidine groups is 1. The third-order valence-electron chi connectivity index (χ3n) is 12.0. The van der Waals surface area contributed by atoms with Gasteiger partial charge in [-0.2, -0.15) is 16.8 Å². The molecule has 2 aliphatic heterocycles. The van der Waals surface area contributed by atoms with E-state index in [4.69, 9.17) is 37.1 Å². The Morgan fingerprint density at radius 3 is 2.17 bits per heavy atom. The molecule has 1 aromatic rings. The lowest BCUT2D eigenvalue weighted by molar-refractivity contribution is -0.168. The summed E-state index contributed by atoms with van der Waals surface area (Å²) in [5.74, 6) is -9.37. The molecular weight excluding hydrogens is 1010 g/mol. The van der Waals surface area contributed by atoms with Gasteiger partial charge in [0.05, 0.1) is 12.1 Å². The zero-order valence-electron chi connectivity index (χ0n) is 40.1. The highest BCUT2D eigenvalue weighted by molar-refractivity contribution is 7.81. The van der Waals surface area contributed by atoms with E-state index < -0.39 is 135 Å². The van der Waals surface area contributed by atoms with Crippen molar-refractivity contribution in [1.82, 2.24) is 31.1 Å². The maximum Gasteiger partial charge on any atom is 0.398 e. The highest BCUT2D eigenvalue weighted by Gasteiger charge is 2.47. The van der Waals surface area contributed by atoms with Crippen molar-refractivity contribution < 1.29 is 82.4 Å². The number of carbonyl (C=O) groups excluding carboxylic acids is 7. The maximum absolute atomic E-state index is 15.0. The minimum Gasteiger partial charge on any atom is -0.495 e. The molecule has 11 N–H and O–H groups in total. The van der Waals surface area contributed by atoms with Gasteiger partial charge < -0.3 is 57.1 Å². The number of benzene rings is 1. The van der Waals surface area contributed by atoms with Crippen LogP contribution in [0.4, 0.5) is 0 Å². The number of cyclic esters (lactones) is 1. The molecule has 30 heteroatoms. The van der Waals surface area contributed by atoms with E-state index in [0.717, 1.165) is 16.7 Å². The number of esters is 1. The van der Waals surface area contributed by atoms with Crippen LogP contribution in [0.3, 0.4) is 0 Å². The average Bonchev–Trinajstić information content (AvgIpc) is 3.28. The number of hydrogen-bond acceptors (Lipinski definition) is 17. The zero-order chi connectivity index (χ0) is 53.7. The van der Waals surface area contributed by atoms with Crippen molar-refractivity contribution in [2.75, 3.05) is 27.3 Å². The summed E-state index contributed by atoms with van der Waals surface area (Å²) in [5, 5.41) is 21.2. The molecule has 3 rings (SSSR count). The van der Waals surface area contributed by atoms with Gasteiger partial charge in [0, 0.05) is 20.0 Å². The number of fused-ring (bicyclic) bond motifs is 2. The molecule has 27 nitrogen and oxygen atoms in total. The van der Waals surface area contributed by atoms with Gasteiger partial charge in [0.1, 0.15) is 60.9 Å². The van der Waals surface area contributed by atoms with Crippen LogP contribution in [0.25, 0.3) is 0 Å². The number of aliphatic imine (C=N–C) groups is 1. The van der Waals surface area contributed by atoms with E-state index in [2.05, 4.69) is 29.3 Å². The van der Waals surface area contributed by atoms with E-state index in [-0.39, 0.29) is 62.5 Å². The number of ether oxygens (including phenoxy) is 2. The number of carbonyl (C=O) groups is 7. The first-order valence-electron chi connectivity index (χ1n) is 22.4. The first-order chi connectivity index (χ1) is 33.0. The molecule has 1 aromatic carbocycles. The first kappa shape index (κ1) is 59.9. The second kappa shape index (κ2) is 26.3. The minimum absolute atomic E-state index is 0.0182. The number of halogens is 1. The van der Waals surface area contributed by atoms with Gasteiger partial charge in [-0.25, -0.2) is 13.2 Å². The second-order valence-electron chi connectivity index (χ2n) is 17.1. The molecule has 2 heterocycles. The van der Waals surface area contributed by atoms with E-state index in [1.807, 2.05) is 5.32 Å². The summed E-state index contributed by atoms with van der Waals surface area (Å²) >= 11 is 6.45. The molecule has 11 atom stereocenters. The van der Waals surface area contributed by atoms with Gasteiger partial charge in [-0.3, -0.25) is 42.9 Å². The van der Waals surface area contributed by atoms with Gasteiger partial charge in [0.2, 0.25) is 29.5 Å². The van der Waals surface area contributed by atoms with E-state index in [0.29, 0.717) is 11.3 Å². The van der Waals surface area contributed by atoms with Gasteiger partial charge in [0.25, 0.3) is 5.91 Å². The fraction of sp³-hybridized carbons (Fsp3) is 0.659. The third kappa shape index (κ3) is 17.4. The summed E-state index contributed by atoms with van der Waals surface area (Å²) in [5.41, 5.74) is 11.3. The fourth-order valence-electron chi connectivity index (χ4n) is 7.68. The molecule has 71 heavy (non-hydrogen) atoms. The van der Waals surface area contributed by atoms with Crippen LogP contribution in [0.5, 0.6) is 5.75 Å². The van der Waals surface area contributed by atoms with Crippen molar-refractivity contribution in [3.8, 4) is 5.75 Å². The van der Waals surface area contributed by atoms with Crippen LogP contribution in [-0.4, -0.2) is 170 Å². The van der Waals surface area contributed by atoms with E-state index in [1.165, 1.54) is 26.3 Å². The Morgan fingerprint density at radius 1 is 0.958 bits per heavy atom. The summed E-state index contributed by atoms with van der Waals surface area (Å²) < 4.78 is 84.0. The molecule has 400 valence electrons. The van der Waals surface area contributed by atoms with Crippen LogP contribution in [0, 0.1) is 11.8 Å². The third-order valence-corrected chi connectivity index (χ3v) is 13.2. The van der Waals surface area contributed by atoms with Crippen LogP contribution in [0.15, 0.2) is 23.2 Å². The number of aliphatic hydroxyl groups is 1. The Morgan fingerprint density at radius 2 is 1.61 bits per heavy atom. The molecule has 2 fully saturated rings. The molecular formula is C41H64ClN9O18S2. The van der Waals surface area contributed by atoms with Crippen LogP contribution in [0.2, 0.25) is 5.02 Å². The first-order valence-corrected chi connectivity index (χ1v) is 25.5. The van der Waals surface area contributed by atoms with Crippen molar-refractivity contribution in [2.45, 2.75) is 134 Å². The zero-order valence-corrected chi connectivity index (χ0v) is 42.5. The van der Waals surface area contributed by atoms with Gasteiger partial charge in [-0.15, -0.1) is 0 Å². The number of likely N-dealkylation sites (N-methyl/N-ethyl adjacent to an activating group) is 1. The van der Waals surface area contributed by atoms with E-state index in [9.17, 15) is 60.1 Å². The maximum atomic E-state index is 15.0. The van der Waals surface area contributed by atoms with Gasteiger partial charge in [0.15, 0.2) is 12.1 Å². The molecule has 6 amide bonds. The Balaban J connectivity index is 2.32. The van der Waals surface area contributed by atoms with E-state index in [1.54, 1.807) is 33.8 Å². The minimum atomic E-state index is -5.60. The summed E-state index contributed by atoms with van der Waals surface area (Å²) in [6.45, 7) is 5.98. The van der Waals surface area contributed by atoms with Crippen molar-refractivity contribution >= 4 is 79.8 Å². The highest BCUT2D eigenvalue weighted by Crippen LogP contribution is 2.29.